The predicted octanol–water partition coefficient (Wildman–Crippen LogP) is 1.05. The second-order valence-corrected chi connectivity index (χ2v) is 4.64. The lowest BCUT2D eigenvalue weighted by molar-refractivity contribution is 0.296. The molecular formula is C8H19NOS2. The third-order valence-corrected chi connectivity index (χ3v) is 3.04. The molecule has 12 heavy (non-hydrogen) atoms. The first-order chi connectivity index (χ1) is 5.91. The SMILES string of the molecule is CSCCNCCSCCCO. The van der Waals surface area contributed by atoms with Crippen molar-refractivity contribution in [1.29, 1.82) is 0 Å². The zero-order valence-corrected chi connectivity index (χ0v) is 9.35. The lowest BCUT2D eigenvalue weighted by Crippen LogP contribution is -2.20. The fraction of sp³-hybridized carbons (Fsp3) is 1.00. The molecule has 0 unspecified atom stereocenters. The summed E-state index contributed by atoms with van der Waals surface area (Å²) in [5, 5.41) is 11.9. The highest BCUT2D eigenvalue weighted by Crippen LogP contribution is 1.99. The molecule has 2 N–H and O–H groups in total. The van der Waals surface area contributed by atoms with Gasteiger partial charge in [0.05, 0.1) is 0 Å². The van der Waals surface area contributed by atoms with Crippen LogP contribution in [0.3, 0.4) is 0 Å². The Labute approximate surface area is 83.9 Å². The zero-order valence-electron chi connectivity index (χ0n) is 7.71. The number of hydrogen-bond acceptors (Lipinski definition) is 4. The highest BCUT2D eigenvalue weighted by atomic mass is 32.2. The molecule has 2 nitrogen and oxygen atoms in total. The summed E-state index contributed by atoms with van der Waals surface area (Å²) in [5.74, 6) is 3.44. The summed E-state index contributed by atoms with van der Waals surface area (Å²) in [6.07, 6.45) is 3.05. The molecule has 0 aliphatic heterocycles. The number of aliphatic hydroxyl groups is 1. The van der Waals surface area contributed by atoms with Crippen LogP contribution in [-0.4, -0.2) is 48.3 Å². The predicted molar refractivity (Wildman–Crippen MR) is 60.3 cm³/mol. The average Bonchev–Trinajstić information content (AvgIpc) is 2.10. The molecular weight excluding hydrogens is 190 g/mol. The van der Waals surface area contributed by atoms with Crippen LogP contribution in [0.15, 0.2) is 0 Å². The van der Waals surface area contributed by atoms with Gasteiger partial charge < -0.3 is 10.4 Å². The minimum atomic E-state index is 0.326. The lowest BCUT2D eigenvalue weighted by Gasteiger charge is -2.02. The molecule has 4 heteroatoms. The molecule has 0 atom stereocenters. The topological polar surface area (TPSA) is 32.3 Å². The van der Waals surface area contributed by atoms with Gasteiger partial charge in [0.25, 0.3) is 0 Å². The Morgan fingerprint density at radius 3 is 2.58 bits per heavy atom. The van der Waals surface area contributed by atoms with Crippen molar-refractivity contribution in [2.45, 2.75) is 6.42 Å². The maximum absolute atomic E-state index is 8.51. The molecule has 0 aliphatic carbocycles. The Bertz CT molecular complexity index is 73.5. The number of aliphatic hydroxyl groups excluding tert-OH is 1. The van der Waals surface area contributed by atoms with E-state index in [4.69, 9.17) is 5.11 Å². The third-order valence-electron chi connectivity index (χ3n) is 1.35. The minimum absolute atomic E-state index is 0.326. The molecule has 0 aliphatic rings. The van der Waals surface area contributed by atoms with Crippen molar-refractivity contribution < 1.29 is 5.11 Å². The van der Waals surface area contributed by atoms with Crippen LogP contribution in [0.4, 0.5) is 0 Å². The first-order valence-electron chi connectivity index (χ1n) is 4.30. The van der Waals surface area contributed by atoms with E-state index in [0.29, 0.717) is 6.61 Å². The van der Waals surface area contributed by atoms with Crippen LogP contribution in [-0.2, 0) is 0 Å². The summed E-state index contributed by atoms with van der Waals surface area (Å²) in [4.78, 5) is 0. The highest BCUT2D eigenvalue weighted by Gasteiger charge is 1.88. The first kappa shape index (κ1) is 12.6. The van der Waals surface area contributed by atoms with Crippen molar-refractivity contribution >= 4 is 23.5 Å². The van der Waals surface area contributed by atoms with Crippen molar-refractivity contribution in [2.75, 3.05) is 43.2 Å². The van der Waals surface area contributed by atoms with Crippen LogP contribution in [0, 0.1) is 0 Å². The van der Waals surface area contributed by atoms with Gasteiger partial charge in [0.2, 0.25) is 0 Å². The summed E-state index contributed by atoms with van der Waals surface area (Å²) in [6, 6.07) is 0. The van der Waals surface area contributed by atoms with Crippen molar-refractivity contribution in [2.24, 2.45) is 0 Å². The van der Waals surface area contributed by atoms with E-state index in [0.717, 1.165) is 31.0 Å². The Hall–Kier alpha value is 0.620. The average molecular weight is 209 g/mol. The lowest BCUT2D eigenvalue weighted by atomic mass is 10.5. The van der Waals surface area contributed by atoms with Crippen LogP contribution >= 0.6 is 23.5 Å². The molecule has 0 rings (SSSR count). The Balaban J connectivity index is 2.73. The second-order valence-electron chi connectivity index (χ2n) is 2.43. The van der Waals surface area contributed by atoms with E-state index in [1.807, 2.05) is 23.5 Å². The smallest absolute Gasteiger partial charge is 0.0438 e. The molecule has 0 radical (unpaired) electrons. The first-order valence-corrected chi connectivity index (χ1v) is 6.85. The Morgan fingerprint density at radius 1 is 1.17 bits per heavy atom. The molecule has 74 valence electrons. The highest BCUT2D eigenvalue weighted by molar-refractivity contribution is 7.99. The molecule has 0 aromatic rings. The maximum Gasteiger partial charge on any atom is 0.0438 e. The summed E-state index contributed by atoms with van der Waals surface area (Å²) < 4.78 is 0. The number of rotatable bonds is 9. The largest absolute Gasteiger partial charge is 0.396 e. The molecule has 0 bridgehead atoms. The fourth-order valence-electron chi connectivity index (χ4n) is 0.712. The number of nitrogens with one attached hydrogen (secondary N) is 1. The van der Waals surface area contributed by atoms with Gasteiger partial charge in [-0.2, -0.15) is 23.5 Å². The summed E-state index contributed by atoms with van der Waals surface area (Å²) in [5.41, 5.74) is 0. The molecule has 0 fully saturated rings. The summed E-state index contributed by atoms with van der Waals surface area (Å²) in [6.45, 7) is 2.53. The van der Waals surface area contributed by atoms with Gasteiger partial charge in [-0.25, -0.2) is 0 Å². The van der Waals surface area contributed by atoms with Crippen LogP contribution < -0.4 is 5.32 Å². The van der Waals surface area contributed by atoms with Crippen molar-refractivity contribution in [1.82, 2.24) is 5.32 Å². The number of thioether (sulfide) groups is 2. The molecule has 0 amide bonds. The van der Waals surface area contributed by atoms with Crippen LogP contribution in [0.5, 0.6) is 0 Å². The van der Waals surface area contributed by atoms with E-state index in [1.165, 1.54) is 5.75 Å². The molecule has 0 saturated heterocycles. The quantitative estimate of drug-likeness (QED) is 0.556. The second kappa shape index (κ2) is 11.6. The maximum atomic E-state index is 8.51. The van der Waals surface area contributed by atoms with Crippen molar-refractivity contribution in [3.05, 3.63) is 0 Å². The zero-order chi connectivity index (χ0) is 9.07. The van der Waals surface area contributed by atoms with Crippen molar-refractivity contribution in [3.63, 3.8) is 0 Å². The van der Waals surface area contributed by atoms with E-state index < -0.39 is 0 Å². The van der Waals surface area contributed by atoms with Gasteiger partial charge in [0.1, 0.15) is 0 Å². The normalized spacial score (nSPS) is 10.5. The van der Waals surface area contributed by atoms with Crippen molar-refractivity contribution in [3.8, 4) is 0 Å². The Kier molecular flexibility index (Phi) is 12.2. The van der Waals surface area contributed by atoms with E-state index in [2.05, 4.69) is 11.6 Å². The van der Waals surface area contributed by atoms with Crippen LogP contribution in [0.25, 0.3) is 0 Å². The molecule has 0 spiro atoms. The summed E-state index contributed by atoms with van der Waals surface area (Å²) in [7, 11) is 0. The Morgan fingerprint density at radius 2 is 1.92 bits per heavy atom. The van der Waals surface area contributed by atoms with Gasteiger partial charge >= 0.3 is 0 Å². The molecule has 0 aromatic carbocycles. The fourth-order valence-corrected chi connectivity index (χ4v) is 1.89. The van der Waals surface area contributed by atoms with E-state index in [9.17, 15) is 0 Å². The summed E-state index contributed by atoms with van der Waals surface area (Å²) >= 11 is 3.78. The van der Waals surface area contributed by atoms with E-state index in [-0.39, 0.29) is 0 Å². The van der Waals surface area contributed by atoms with Gasteiger partial charge in [-0.3, -0.25) is 0 Å². The number of hydrogen-bond donors (Lipinski definition) is 2. The van der Waals surface area contributed by atoms with Crippen LogP contribution in [0.2, 0.25) is 0 Å². The van der Waals surface area contributed by atoms with Gasteiger partial charge in [0.15, 0.2) is 0 Å². The van der Waals surface area contributed by atoms with Gasteiger partial charge in [-0.1, -0.05) is 0 Å². The minimum Gasteiger partial charge on any atom is -0.396 e. The van der Waals surface area contributed by atoms with E-state index in [1.54, 1.807) is 0 Å². The van der Waals surface area contributed by atoms with Gasteiger partial charge in [0, 0.05) is 31.2 Å². The van der Waals surface area contributed by atoms with Gasteiger partial charge in [-0.05, 0) is 18.4 Å². The third kappa shape index (κ3) is 10.6. The van der Waals surface area contributed by atoms with Gasteiger partial charge in [-0.15, -0.1) is 0 Å². The van der Waals surface area contributed by atoms with Crippen LogP contribution in [0.1, 0.15) is 6.42 Å². The monoisotopic (exact) mass is 209 g/mol. The molecule has 0 heterocycles. The standard InChI is InChI=1S/C8H19NOS2/c1-11-7-3-9-4-8-12-6-2-5-10/h9-10H,2-8H2,1H3. The molecule has 0 saturated carbocycles. The molecule has 0 aromatic heterocycles. The van der Waals surface area contributed by atoms with E-state index >= 15 is 0 Å².